The van der Waals surface area contributed by atoms with Crippen molar-refractivity contribution in [2.24, 2.45) is 0 Å². The van der Waals surface area contributed by atoms with E-state index in [9.17, 15) is 10.1 Å². The second-order valence-corrected chi connectivity index (χ2v) is 7.21. The van der Waals surface area contributed by atoms with Crippen LogP contribution >= 0.6 is 34.8 Å². The second-order valence-electron chi connectivity index (χ2n) is 5.96. The van der Waals surface area contributed by atoms with E-state index in [1.54, 1.807) is 36.4 Å². The van der Waals surface area contributed by atoms with Crippen LogP contribution in [0.25, 0.3) is 0 Å². The minimum atomic E-state index is -0.449. The third-order valence-corrected chi connectivity index (χ3v) is 4.74. The SMILES string of the molecule is O=[N+]([O-])c1ccc(COc2c(Cl)cc(CNc3ccc(Cl)cc3)cc2Cl)cc1. The van der Waals surface area contributed by atoms with Crippen LogP contribution in [0.15, 0.2) is 60.7 Å². The molecular formula is C20H15Cl3N2O3. The minimum absolute atomic E-state index is 0.0253. The first-order valence-electron chi connectivity index (χ1n) is 8.26. The quantitative estimate of drug-likeness (QED) is 0.328. The van der Waals surface area contributed by atoms with Gasteiger partial charge in [0.05, 0.1) is 15.0 Å². The lowest BCUT2D eigenvalue weighted by atomic mass is 10.2. The average molecular weight is 438 g/mol. The molecule has 0 aliphatic rings. The number of non-ortho nitro benzene ring substituents is 1. The number of benzene rings is 3. The van der Waals surface area contributed by atoms with Crippen molar-refractivity contribution in [1.82, 2.24) is 0 Å². The summed E-state index contributed by atoms with van der Waals surface area (Å²) in [5.74, 6) is 0.372. The molecule has 0 saturated carbocycles. The Morgan fingerprint density at radius 2 is 1.50 bits per heavy atom. The van der Waals surface area contributed by atoms with Crippen LogP contribution in [0.3, 0.4) is 0 Å². The molecule has 0 amide bonds. The molecule has 0 bridgehead atoms. The number of nitrogens with one attached hydrogen (secondary N) is 1. The van der Waals surface area contributed by atoms with E-state index in [0.29, 0.717) is 27.4 Å². The fraction of sp³-hybridized carbons (Fsp3) is 0.100. The zero-order valence-electron chi connectivity index (χ0n) is 14.5. The zero-order valence-corrected chi connectivity index (χ0v) is 16.8. The molecule has 5 nitrogen and oxygen atoms in total. The van der Waals surface area contributed by atoms with Crippen LogP contribution < -0.4 is 10.1 Å². The maximum atomic E-state index is 10.7. The molecule has 0 spiro atoms. The first-order chi connectivity index (χ1) is 13.4. The van der Waals surface area contributed by atoms with Gasteiger partial charge in [-0.3, -0.25) is 10.1 Å². The summed E-state index contributed by atoms with van der Waals surface area (Å²) in [6, 6.07) is 17.0. The molecule has 3 rings (SSSR count). The van der Waals surface area contributed by atoms with Gasteiger partial charge in [-0.25, -0.2) is 0 Å². The van der Waals surface area contributed by atoms with Crippen molar-refractivity contribution in [2.45, 2.75) is 13.2 Å². The molecule has 0 radical (unpaired) electrons. The summed E-state index contributed by atoms with van der Waals surface area (Å²) >= 11 is 18.5. The summed E-state index contributed by atoms with van der Waals surface area (Å²) in [5, 5.41) is 15.4. The van der Waals surface area contributed by atoms with Gasteiger partial charge >= 0.3 is 0 Å². The lowest BCUT2D eigenvalue weighted by Crippen LogP contribution is -2.01. The van der Waals surface area contributed by atoms with Gasteiger partial charge in [0.1, 0.15) is 6.61 Å². The number of hydrogen-bond acceptors (Lipinski definition) is 4. The van der Waals surface area contributed by atoms with Crippen LogP contribution in [0.4, 0.5) is 11.4 Å². The summed E-state index contributed by atoms with van der Waals surface area (Å²) in [6.45, 7) is 0.726. The third-order valence-electron chi connectivity index (χ3n) is 3.93. The van der Waals surface area contributed by atoms with Crippen LogP contribution in [-0.2, 0) is 13.2 Å². The van der Waals surface area contributed by atoms with Crippen molar-refractivity contribution < 1.29 is 9.66 Å². The lowest BCUT2D eigenvalue weighted by molar-refractivity contribution is -0.384. The van der Waals surface area contributed by atoms with Gasteiger partial charge in [0.2, 0.25) is 0 Å². The highest BCUT2D eigenvalue weighted by Gasteiger charge is 2.11. The minimum Gasteiger partial charge on any atom is -0.486 e. The highest BCUT2D eigenvalue weighted by Crippen LogP contribution is 2.35. The Kier molecular flexibility index (Phi) is 6.62. The van der Waals surface area contributed by atoms with E-state index >= 15 is 0 Å². The topological polar surface area (TPSA) is 64.4 Å². The van der Waals surface area contributed by atoms with E-state index in [0.717, 1.165) is 16.8 Å². The molecule has 0 aromatic heterocycles. The zero-order chi connectivity index (χ0) is 20.1. The Labute approximate surface area is 177 Å². The molecule has 0 unspecified atom stereocenters. The Hall–Kier alpha value is -2.47. The molecule has 3 aromatic carbocycles. The van der Waals surface area contributed by atoms with Crippen molar-refractivity contribution in [3.05, 3.63) is 97.0 Å². The number of nitrogens with zero attached hydrogens (tertiary/aromatic N) is 1. The van der Waals surface area contributed by atoms with Gasteiger partial charge in [-0.2, -0.15) is 0 Å². The lowest BCUT2D eigenvalue weighted by Gasteiger charge is -2.13. The van der Waals surface area contributed by atoms with Crippen LogP contribution in [0.2, 0.25) is 15.1 Å². The molecule has 0 atom stereocenters. The number of nitro groups is 1. The van der Waals surface area contributed by atoms with Crippen LogP contribution in [-0.4, -0.2) is 4.92 Å². The van der Waals surface area contributed by atoms with Crippen LogP contribution in [0.1, 0.15) is 11.1 Å². The summed E-state index contributed by atoms with van der Waals surface area (Å²) in [7, 11) is 0. The van der Waals surface area contributed by atoms with Gasteiger partial charge in [-0.05, 0) is 59.7 Å². The standard InChI is InChI=1S/C20H15Cl3N2O3/c21-15-3-5-16(6-4-15)24-11-14-9-18(22)20(19(23)10-14)28-12-13-1-7-17(8-2-13)25(26)27/h1-10,24H,11-12H2. The van der Waals surface area contributed by atoms with Crippen molar-refractivity contribution >= 4 is 46.2 Å². The Balaban J connectivity index is 1.64. The highest BCUT2D eigenvalue weighted by molar-refractivity contribution is 6.37. The molecule has 28 heavy (non-hydrogen) atoms. The first-order valence-corrected chi connectivity index (χ1v) is 9.39. The van der Waals surface area contributed by atoms with E-state index in [2.05, 4.69) is 5.32 Å². The van der Waals surface area contributed by atoms with Gasteiger partial charge in [0, 0.05) is 29.4 Å². The van der Waals surface area contributed by atoms with Gasteiger partial charge in [-0.15, -0.1) is 0 Å². The second kappa shape index (κ2) is 9.15. The molecule has 1 N–H and O–H groups in total. The number of halogens is 3. The third kappa shape index (κ3) is 5.29. The van der Waals surface area contributed by atoms with Crippen molar-refractivity contribution in [3.8, 4) is 5.75 Å². The van der Waals surface area contributed by atoms with E-state index < -0.39 is 4.92 Å². The van der Waals surface area contributed by atoms with E-state index in [4.69, 9.17) is 39.5 Å². The van der Waals surface area contributed by atoms with Gasteiger partial charge in [-0.1, -0.05) is 34.8 Å². The summed E-state index contributed by atoms with van der Waals surface area (Å²) in [4.78, 5) is 10.3. The Morgan fingerprint density at radius 3 is 2.07 bits per heavy atom. The molecule has 0 aliphatic heterocycles. The van der Waals surface area contributed by atoms with Crippen molar-refractivity contribution in [1.29, 1.82) is 0 Å². The molecule has 0 aliphatic carbocycles. The highest BCUT2D eigenvalue weighted by atomic mass is 35.5. The van der Waals surface area contributed by atoms with E-state index in [1.807, 2.05) is 12.1 Å². The average Bonchev–Trinajstić information content (AvgIpc) is 2.67. The maximum absolute atomic E-state index is 10.7. The molecule has 144 valence electrons. The predicted octanol–water partition coefficient (Wildman–Crippen LogP) is 6.75. The molecule has 3 aromatic rings. The molecule has 0 saturated heterocycles. The predicted molar refractivity (Wildman–Crippen MR) is 113 cm³/mol. The van der Waals surface area contributed by atoms with Gasteiger partial charge in [0.25, 0.3) is 5.69 Å². The van der Waals surface area contributed by atoms with Crippen molar-refractivity contribution in [2.75, 3.05) is 5.32 Å². The number of rotatable bonds is 7. The Morgan fingerprint density at radius 1 is 0.893 bits per heavy atom. The fourth-order valence-corrected chi connectivity index (χ4v) is 3.26. The van der Waals surface area contributed by atoms with E-state index in [-0.39, 0.29) is 12.3 Å². The number of hydrogen-bond donors (Lipinski definition) is 1. The molecule has 0 fully saturated rings. The summed E-state index contributed by atoms with van der Waals surface area (Å²) < 4.78 is 5.72. The summed E-state index contributed by atoms with van der Waals surface area (Å²) in [5.41, 5.74) is 2.62. The number of ether oxygens (including phenoxy) is 1. The Bertz CT molecular complexity index is 954. The van der Waals surface area contributed by atoms with E-state index in [1.165, 1.54) is 12.1 Å². The molecule has 0 heterocycles. The number of nitro benzene ring substituents is 1. The normalized spacial score (nSPS) is 10.5. The van der Waals surface area contributed by atoms with Gasteiger partial charge in [0.15, 0.2) is 5.75 Å². The molecule has 8 heteroatoms. The van der Waals surface area contributed by atoms with Crippen LogP contribution in [0, 0.1) is 10.1 Å². The maximum Gasteiger partial charge on any atom is 0.269 e. The fourth-order valence-electron chi connectivity index (χ4n) is 2.49. The first kappa shape index (κ1) is 20.3. The van der Waals surface area contributed by atoms with Gasteiger partial charge < -0.3 is 10.1 Å². The molecular weight excluding hydrogens is 423 g/mol. The van der Waals surface area contributed by atoms with Crippen molar-refractivity contribution in [3.63, 3.8) is 0 Å². The van der Waals surface area contributed by atoms with Crippen LogP contribution in [0.5, 0.6) is 5.75 Å². The summed E-state index contributed by atoms with van der Waals surface area (Å²) in [6.07, 6.45) is 0. The monoisotopic (exact) mass is 436 g/mol. The smallest absolute Gasteiger partial charge is 0.269 e. The largest absolute Gasteiger partial charge is 0.486 e. The number of anilines is 1.